The Morgan fingerprint density at radius 2 is 0.875 bits per heavy atom. The molecule has 0 unspecified atom stereocenters. The summed E-state index contributed by atoms with van der Waals surface area (Å²) in [4.78, 5) is 4.75. The molecule has 3 aliphatic carbocycles. The molecule has 2 aromatic carbocycles. The Hall–Kier alpha value is -1.64. The van der Waals surface area contributed by atoms with E-state index < -0.39 is 0 Å². The van der Waals surface area contributed by atoms with Crippen LogP contribution in [0.4, 0.5) is 0 Å². The van der Waals surface area contributed by atoms with Gasteiger partial charge in [-0.3, -0.25) is 0 Å². The predicted molar refractivity (Wildman–Crippen MR) is 101 cm³/mol. The molecule has 0 spiro atoms. The second-order valence-electron chi connectivity index (χ2n) is 8.07. The average molecular weight is 320 g/mol. The number of fused-ring (bicyclic) bond motifs is 1. The highest BCUT2D eigenvalue weighted by molar-refractivity contribution is 5.56. The van der Waals surface area contributed by atoms with Crippen LogP contribution in [0.25, 0.3) is 0 Å². The minimum Gasteiger partial charge on any atom is -0.309 e. The molecule has 0 radical (unpaired) electrons. The van der Waals surface area contributed by atoms with E-state index in [0.29, 0.717) is 23.7 Å². The summed E-state index contributed by atoms with van der Waals surface area (Å²) in [5.74, 6) is 2.43. The van der Waals surface area contributed by atoms with Gasteiger partial charge in [0.15, 0.2) is 0 Å². The van der Waals surface area contributed by atoms with Gasteiger partial charge in [-0.15, -0.1) is 0 Å². The normalized spacial score (nSPS) is 27.4. The molecule has 24 heavy (non-hydrogen) atoms. The molecule has 0 aromatic heterocycles. The summed E-state index contributed by atoms with van der Waals surface area (Å²) in [6.07, 6.45) is 0. The average Bonchev–Trinajstić information content (AvgIpc) is 2.55. The van der Waals surface area contributed by atoms with Gasteiger partial charge in [-0.2, -0.15) is 0 Å². The summed E-state index contributed by atoms with van der Waals surface area (Å²) in [5.41, 5.74) is 6.29. The topological polar surface area (TPSA) is 6.48 Å². The molecule has 0 saturated carbocycles. The van der Waals surface area contributed by atoms with Crippen LogP contribution in [0.5, 0.6) is 0 Å². The summed E-state index contributed by atoms with van der Waals surface area (Å²) >= 11 is 0. The second kappa shape index (κ2) is 6.02. The van der Waals surface area contributed by atoms with Crippen molar-refractivity contribution in [3.63, 3.8) is 0 Å². The first-order valence-electron chi connectivity index (χ1n) is 9.05. The maximum absolute atomic E-state index is 2.37. The van der Waals surface area contributed by atoms with Crippen molar-refractivity contribution in [2.24, 2.45) is 11.8 Å². The second-order valence-corrected chi connectivity index (χ2v) is 8.07. The molecule has 0 heterocycles. The maximum Gasteiger partial charge on any atom is 0.0139 e. The first kappa shape index (κ1) is 15.9. The summed E-state index contributed by atoms with van der Waals surface area (Å²) in [7, 11) is 8.86. The standard InChI is InChI=1S/C22H28N2/c1-23(2)13-19-20(14-24(3)4)22-17-11-7-5-9-15(17)21(19)16-10-6-8-12-18(16)22/h5-12,19-22H,13-14H2,1-4H3/t19-,20+,21?,22?. The van der Waals surface area contributed by atoms with Gasteiger partial charge in [-0.25, -0.2) is 0 Å². The number of rotatable bonds is 4. The zero-order valence-electron chi connectivity index (χ0n) is 15.2. The van der Waals surface area contributed by atoms with Crippen LogP contribution in [0.15, 0.2) is 48.5 Å². The van der Waals surface area contributed by atoms with E-state index in [9.17, 15) is 0 Å². The van der Waals surface area contributed by atoms with Gasteiger partial charge in [0.1, 0.15) is 0 Å². The molecule has 126 valence electrons. The van der Waals surface area contributed by atoms with Crippen LogP contribution in [0.2, 0.25) is 0 Å². The Morgan fingerprint density at radius 1 is 0.583 bits per heavy atom. The molecule has 2 aromatic rings. The van der Waals surface area contributed by atoms with Gasteiger partial charge in [-0.1, -0.05) is 48.5 Å². The van der Waals surface area contributed by atoms with Crippen molar-refractivity contribution in [2.45, 2.75) is 11.8 Å². The van der Waals surface area contributed by atoms with Gasteiger partial charge >= 0.3 is 0 Å². The van der Waals surface area contributed by atoms with Gasteiger partial charge in [0, 0.05) is 24.9 Å². The fraction of sp³-hybridized carbons (Fsp3) is 0.455. The van der Waals surface area contributed by atoms with Crippen molar-refractivity contribution in [1.82, 2.24) is 9.80 Å². The Bertz CT molecular complexity index is 625. The molecule has 0 saturated heterocycles. The third kappa shape index (κ3) is 2.40. The lowest BCUT2D eigenvalue weighted by Gasteiger charge is -2.52. The van der Waals surface area contributed by atoms with Crippen LogP contribution in [-0.2, 0) is 0 Å². The predicted octanol–water partition coefficient (Wildman–Crippen LogP) is 3.63. The Morgan fingerprint density at radius 3 is 1.12 bits per heavy atom. The van der Waals surface area contributed by atoms with Gasteiger partial charge < -0.3 is 9.80 Å². The minimum atomic E-state index is 0.537. The van der Waals surface area contributed by atoms with Crippen molar-refractivity contribution >= 4 is 0 Å². The Kier molecular flexibility index (Phi) is 3.98. The van der Waals surface area contributed by atoms with E-state index in [2.05, 4.69) is 86.5 Å². The molecule has 2 nitrogen and oxygen atoms in total. The number of nitrogens with zero attached hydrogens (tertiary/aromatic N) is 2. The minimum absolute atomic E-state index is 0.537. The van der Waals surface area contributed by atoms with Gasteiger partial charge in [0.25, 0.3) is 0 Å². The fourth-order valence-electron chi connectivity index (χ4n) is 5.23. The van der Waals surface area contributed by atoms with E-state index in [0.717, 1.165) is 13.1 Å². The molecular formula is C22H28N2. The lowest BCUT2D eigenvalue weighted by atomic mass is 9.54. The Labute approximate surface area is 146 Å². The monoisotopic (exact) mass is 320 g/mol. The molecule has 2 atom stereocenters. The Balaban J connectivity index is 1.91. The quantitative estimate of drug-likeness (QED) is 0.849. The van der Waals surface area contributed by atoms with E-state index in [1.165, 1.54) is 0 Å². The molecule has 0 amide bonds. The molecule has 3 aliphatic rings. The molecule has 0 aliphatic heterocycles. The summed E-state index contributed by atoms with van der Waals surface area (Å²) in [5, 5.41) is 0. The first-order chi connectivity index (χ1) is 11.6. The third-order valence-corrected chi connectivity index (χ3v) is 5.89. The lowest BCUT2D eigenvalue weighted by Crippen LogP contribution is -2.47. The SMILES string of the molecule is CN(C)C[C@@H]1C2c3ccccc3C(c3ccccc32)[C@@H]1CN(C)C. The van der Waals surface area contributed by atoms with Crippen LogP contribution in [0.1, 0.15) is 34.1 Å². The van der Waals surface area contributed by atoms with Crippen molar-refractivity contribution in [3.8, 4) is 0 Å². The fourth-order valence-corrected chi connectivity index (χ4v) is 5.23. The van der Waals surface area contributed by atoms with E-state index in [1.807, 2.05) is 0 Å². The summed E-state index contributed by atoms with van der Waals surface area (Å²) in [6.45, 7) is 2.31. The number of benzene rings is 2. The molecule has 2 bridgehead atoms. The highest BCUT2D eigenvalue weighted by Gasteiger charge is 2.49. The van der Waals surface area contributed by atoms with E-state index in [1.54, 1.807) is 22.3 Å². The van der Waals surface area contributed by atoms with E-state index in [4.69, 9.17) is 0 Å². The van der Waals surface area contributed by atoms with Crippen LogP contribution in [-0.4, -0.2) is 51.1 Å². The molecule has 2 heteroatoms. The number of hydrogen-bond acceptors (Lipinski definition) is 2. The van der Waals surface area contributed by atoms with Gasteiger partial charge in [-0.05, 0) is 62.3 Å². The number of hydrogen-bond donors (Lipinski definition) is 0. The molecule has 0 N–H and O–H groups in total. The van der Waals surface area contributed by atoms with Crippen LogP contribution >= 0.6 is 0 Å². The van der Waals surface area contributed by atoms with Crippen molar-refractivity contribution in [1.29, 1.82) is 0 Å². The summed E-state index contributed by atoms with van der Waals surface area (Å²) < 4.78 is 0. The van der Waals surface area contributed by atoms with Crippen LogP contribution in [0, 0.1) is 11.8 Å². The molecule has 5 rings (SSSR count). The zero-order chi connectivity index (χ0) is 16.8. The van der Waals surface area contributed by atoms with Crippen LogP contribution < -0.4 is 0 Å². The van der Waals surface area contributed by atoms with Crippen molar-refractivity contribution in [2.75, 3.05) is 41.3 Å². The highest BCUT2D eigenvalue weighted by Crippen LogP contribution is 2.58. The maximum atomic E-state index is 2.37. The van der Waals surface area contributed by atoms with Gasteiger partial charge in [0.2, 0.25) is 0 Å². The van der Waals surface area contributed by atoms with Crippen molar-refractivity contribution in [3.05, 3.63) is 70.8 Å². The lowest BCUT2D eigenvalue weighted by molar-refractivity contribution is 0.146. The van der Waals surface area contributed by atoms with Gasteiger partial charge in [0.05, 0.1) is 0 Å². The molecule has 0 fully saturated rings. The smallest absolute Gasteiger partial charge is 0.0139 e. The third-order valence-electron chi connectivity index (χ3n) is 5.89. The van der Waals surface area contributed by atoms with Crippen molar-refractivity contribution < 1.29 is 0 Å². The first-order valence-corrected chi connectivity index (χ1v) is 9.05. The van der Waals surface area contributed by atoms with E-state index in [-0.39, 0.29) is 0 Å². The summed E-state index contributed by atoms with van der Waals surface area (Å²) in [6, 6.07) is 18.4. The highest BCUT2D eigenvalue weighted by atomic mass is 15.1. The zero-order valence-corrected chi connectivity index (χ0v) is 15.2. The largest absolute Gasteiger partial charge is 0.309 e. The van der Waals surface area contributed by atoms with E-state index >= 15 is 0 Å². The van der Waals surface area contributed by atoms with Crippen LogP contribution in [0.3, 0.4) is 0 Å². The molecular weight excluding hydrogens is 292 g/mol.